The molecule has 0 aliphatic heterocycles. The molecule has 0 aliphatic carbocycles. The average molecular weight is 755 g/mol. The minimum atomic E-state index is -1.21. The van der Waals surface area contributed by atoms with Crippen molar-refractivity contribution in [2.24, 2.45) is 0 Å². The fraction of sp³-hybridized carbons (Fsp3) is 0.340. The molecule has 3 atom stereocenters. The van der Waals surface area contributed by atoms with Gasteiger partial charge in [-0.25, -0.2) is 14.8 Å². The number of amides is 2. The maximum absolute atomic E-state index is 13.9. The van der Waals surface area contributed by atoms with E-state index in [0.717, 1.165) is 45.6 Å². The van der Waals surface area contributed by atoms with Gasteiger partial charge in [-0.2, -0.15) is 0 Å². The third-order valence-electron chi connectivity index (χ3n) is 10.0. The number of nitrogens with zero attached hydrogens (tertiary/aromatic N) is 2. The van der Waals surface area contributed by atoms with Crippen LogP contribution in [-0.2, 0) is 21.4 Å². The summed E-state index contributed by atoms with van der Waals surface area (Å²) in [4.78, 5) is 49.1. The second kappa shape index (κ2) is 19.7. The zero-order valence-corrected chi connectivity index (χ0v) is 33.1. The smallest absolute Gasteiger partial charge is 0.326 e. The van der Waals surface area contributed by atoms with Gasteiger partial charge < -0.3 is 20.5 Å². The van der Waals surface area contributed by atoms with Gasteiger partial charge in [-0.3, -0.25) is 9.59 Å². The quantitative estimate of drug-likeness (QED) is 0.0761. The van der Waals surface area contributed by atoms with Crippen LogP contribution in [0.1, 0.15) is 99.7 Å². The number of carbonyl (C=O) groups is 3. The van der Waals surface area contributed by atoms with Gasteiger partial charge in [0.05, 0.1) is 6.61 Å². The summed E-state index contributed by atoms with van der Waals surface area (Å²) in [6.45, 7) is 11.0. The van der Waals surface area contributed by atoms with E-state index in [4.69, 9.17) is 4.74 Å². The van der Waals surface area contributed by atoms with Gasteiger partial charge in [-0.15, -0.1) is 0 Å². The zero-order valence-electron chi connectivity index (χ0n) is 33.1. The van der Waals surface area contributed by atoms with Crippen LogP contribution in [0.15, 0.2) is 116 Å². The molecular weight excluding hydrogens is 701 g/mol. The highest BCUT2D eigenvalue weighted by atomic mass is 16.5. The molecule has 0 spiro atoms. The van der Waals surface area contributed by atoms with E-state index in [1.54, 1.807) is 31.5 Å². The van der Waals surface area contributed by atoms with Crippen molar-refractivity contribution in [1.29, 1.82) is 0 Å². The molecule has 292 valence electrons. The fourth-order valence-corrected chi connectivity index (χ4v) is 6.47. The van der Waals surface area contributed by atoms with Gasteiger partial charge in [-0.1, -0.05) is 139 Å². The van der Waals surface area contributed by atoms with E-state index in [1.165, 1.54) is 25.7 Å². The number of hydrogen-bond donors (Lipinski definition) is 3. The van der Waals surface area contributed by atoms with Crippen molar-refractivity contribution < 1.29 is 24.2 Å². The Labute approximate surface area is 331 Å². The molecule has 0 aliphatic rings. The van der Waals surface area contributed by atoms with Crippen molar-refractivity contribution in [1.82, 2.24) is 20.6 Å². The van der Waals surface area contributed by atoms with Crippen LogP contribution in [0.3, 0.4) is 0 Å². The number of ether oxygens (including phenoxy) is 1. The SMILES string of the molecule is CCCCCCCOc1ccc(-c2cnc(-c3ccc(CC(NC(=O)c4ccc(C(C)(C)C)cc4)C(=O)NC(C(=O)O)C(C)c4ccccc4)cc3)nc2)cc1. The van der Waals surface area contributed by atoms with Crippen LogP contribution in [0, 0.1) is 0 Å². The number of unbranched alkanes of at least 4 members (excludes halogenated alkanes) is 4. The van der Waals surface area contributed by atoms with Crippen molar-refractivity contribution in [3.05, 3.63) is 138 Å². The summed E-state index contributed by atoms with van der Waals surface area (Å²) in [6.07, 6.45) is 9.69. The first-order valence-electron chi connectivity index (χ1n) is 19.6. The molecule has 9 heteroatoms. The normalized spacial score (nSPS) is 12.9. The van der Waals surface area contributed by atoms with Crippen molar-refractivity contribution in [2.45, 2.75) is 96.6 Å². The molecule has 1 aromatic heterocycles. The minimum absolute atomic E-state index is 0.0906. The van der Waals surface area contributed by atoms with Gasteiger partial charge in [0, 0.05) is 41.4 Å². The number of nitrogens with one attached hydrogen (secondary N) is 2. The number of aromatic nitrogens is 2. The largest absolute Gasteiger partial charge is 0.494 e. The zero-order chi connectivity index (χ0) is 40.1. The lowest BCUT2D eigenvalue weighted by atomic mass is 9.86. The van der Waals surface area contributed by atoms with E-state index in [0.29, 0.717) is 18.0 Å². The predicted molar refractivity (Wildman–Crippen MR) is 222 cm³/mol. The molecule has 0 saturated heterocycles. The Bertz CT molecular complexity index is 2010. The first kappa shape index (κ1) is 41.3. The maximum atomic E-state index is 13.9. The Kier molecular flexibility index (Phi) is 14.5. The lowest BCUT2D eigenvalue weighted by molar-refractivity contribution is -0.142. The first-order chi connectivity index (χ1) is 26.9. The number of carboxylic acids is 1. The number of carbonyl (C=O) groups excluding carboxylic acids is 2. The van der Waals surface area contributed by atoms with Gasteiger partial charge in [0.1, 0.15) is 17.8 Å². The van der Waals surface area contributed by atoms with E-state index in [9.17, 15) is 19.5 Å². The van der Waals surface area contributed by atoms with Crippen LogP contribution >= 0.6 is 0 Å². The molecule has 5 rings (SSSR count). The molecular formula is C47H54N4O5. The van der Waals surface area contributed by atoms with E-state index < -0.39 is 35.8 Å². The molecule has 0 radical (unpaired) electrons. The molecule has 56 heavy (non-hydrogen) atoms. The monoisotopic (exact) mass is 754 g/mol. The molecule has 4 aromatic carbocycles. The van der Waals surface area contributed by atoms with Crippen molar-refractivity contribution in [3.8, 4) is 28.3 Å². The van der Waals surface area contributed by atoms with Gasteiger partial charge >= 0.3 is 5.97 Å². The molecule has 0 fully saturated rings. The van der Waals surface area contributed by atoms with E-state index in [1.807, 2.05) is 91.0 Å². The Balaban J connectivity index is 1.28. The average Bonchev–Trinajstić information content (AvgIpc) is 3.21. The highest BCUT2D eigenvalue weighted by molar-refractivity contribution is 5.98. The summed E-state index contributed by atoms with van der Waals surface area (Å²) in [5.74, 6) is -1.32. The number of benzene rings is 4. The second-order valence-corrected chi connectivity index (χ2v) is 15.4. The Morgan fingerprint density at radius 3 is 1.96 bits per heavy atom. The van der Waals surface area contributed by atoms with Gasteiger partial charge in [0.25, 0.3) is 5.91 Å². The highest BCUT2D eigenvalue weighted by Gasteiger charge is 2.31. The number of carboxylic acid groups (broad SMARTS) is 1. The highest BCUT2D eigenvalue weighted by Crippen LogP contribution is 2.25. The molecule has 0 bridgehead atoms. The van der Waals surface area contributed by atoms with Crippen LogP contribution in [0.4, 0.5) is 0 Å². The van der Waals surface area contributed by atoms with Crippen molar-refractivity contribution in [2.75, 3.05) is 6.61 Å². The number of aliphatic carboxylic acids is 1. The van der Waals surface area contributed by atoms with Crippen LogP contribution in [0.2, 0.25) is 0 Å². The minimum Gasteiger partial charge on any atom is -0.494 e. The van der Waals surface area contributed by atoms with Gasteiger partial charge in [0.15, 0.2) is 5.82 Å². The molecule has 2 amide bonds. The second-order valence-electron chi connectivity index (χ2n) is 15.4. The number of hydrogen-bond acceptors (Lipinski definition) is 6. The Hall–Kier alpha value is -5.83. The van der Waals surface area contributed by atoms with E-state index >= 15 is 0 Å². The summed E-state index contributed by atoms with van der Waals surface area (Å²) < 4.78 is 5.91. The van der Waals surface area contributed by atoms with Crippen LogP contribution < -0.4 is 15.4 Å². The van der Waals surface area contributed by atoms with Crippen LogP contribution in [0.25, 0.3) is 22.5 Å². The standard InChI is InChI=1S/C47H54N4O5/c1-6-7-8-9-13-28-56-40-26-22-35(23-27-40)38-30-48-43(49-31-38)36-18-16-33(17-19-36)29-41(50-44(52)37-20-24-39(25-21-37)47(3,4)5)45(53)51-42(46(54)55)32(2)34-14-11-10-12-15-34/h10-12,14-27,30-32,41-42H,6-9,13,28-29H2,1-5H3,(H,50,52)(H,51,53)(H,54,55). The summed E-state index contributed by atoms with van der Waals surface area (Å²) in [7, 11) is 0. The van der Waals surface area contributed by atoms with Gasteiger partial charge in [0.2, 0.25) is 5.91 Å². The van der Waals surface area contributed by atoms with E-state index in [2.05, 4.69) is 48.3 Å². The van der Waals surface area contributed by atoms with Crippen molar-refractivity contribution in [3.63, 3.8) is 0 Å². The predicted octanol–water partition coefficient (Wildman–Crippen LogP) is 9.17. The summed E-state index contributed by atoms with van der Waals surface area (Å²) in [5.41, 5.74) is 5.58. The maximum Gasteiger partial charge on any atom is 0.326 e. The topological polar surface area (TPSA) is 131 Å². The van der Waals surface area contributed by atoms with Gasteiger partial charge in [-0.05, 0) is 58.4 Å². The van der Waals surface area contributed by atoms with E-state index in [-0.39, 0.29) is 11.8 Å². The lowest BCUT2D eigenvalue weighted by Crippen LogP contribution is -2.53. The Morgan fingerprint density at radius 1 is 0.732 bits per heavy atom. The molecule has 9 nitrogen and oxygen atoms in total. The number of rotatable bonds is 18. The summed E-state index contributed by atoms with van der Waals surface area (Å²) >= 11 is 0. The first-order valence-corrected chi connectivity index (χ1v) is 19.6. The van der Waals surface area contributed by atoms with Crippen LogP contribution in [-0.4, -0.2) is 51.5 Å². The molecule has 3 unspecified atom stereocenters. The lowest BCUT2D eigenvalue weighted by Gasteiger charge is -2.25. The Morgan fingerprint density at radius 2 is 1.36 bits per heavy atom. The fourth-order valence-electron chi connectivity index (χ4n) is 6.47. The third-order valence-corrected chi connectivity index (χ3v) is 10.0. The molecule has 3 N–H and O–H groups in total. The molecule has 0 saturated carbocycles. The molecule has 5 aromatic rings. The third kappa shape index (κ3) is 11.6. The molecule has 1 heterocycles. The van der Waals surface area contributed by atoms with Crippen molar-refractivity contribution >= 4 is 17.8 Å². The summed E-state index contributed by atoms with van der Waals surface area (Å²) in [6, 6.07) is 29.6. The van der Waals surface area contributed by atoms with Crippen LogP contribution in [0.5, 0.6) is 5.75 Å². The summed E-state index contributed by atoms with van der Waals surface area (Å²) in [5, 5.41) is 15.7.